The van der Waals surface area contributed by atoms with Crippen LogP contribution in [0.25, 0.3) is 5.69 Å². The zero-order chi connectivity index (χ0) is 14.0. The lowest BCUT2D eigenvalue weighted by Crippen LogP contribution is -2.24. The average Bonchev–Trinajstić information content (AvgIpc) is 3.09. The van der Waals surface area contributed by atoms with Crippen molar-refractivity contribution in [1.29, 1.82) is 0 Å². The van der Waals surface area contributed by atoms with Crippen molar-refractivity contribution in [2.75, 3.05) is 0 Å². The summed E-state index contributed by atoms with van der Waals surface area (Å²) in [7, 11) is 0. The van der Waals surface area contributed by atoms with E-state index in [9.17, 15) is 9.59 Å². The molecule has 2 aromatic rings. The van der Waals surface area contributed by atoms with Crippen molar-refractivity contribution >= 4 is 6.08 Å². The maximum Gasteiger partial charge on any atom is 0.330 e. The smallest absolute Gasteiger partial charge is 0.312 e. The van der Waals surface area contributed by atoms with E-state index in [4.69, 9.17) is 0 Å². The second kappa shape index (κ2) is 4.94. The Labute approximate surface area is 116 Å². The number of nitrogens with zero attached hydrogens (tertiary/aromatic N) is 2. The zero-order valence-electron chi connectivity index (χ0n) is 11.0. The summed E-state index contributed by atoms with van der Waals surface area (Å²) < 4.78 is 1.55. The molecular formula is C15H15N3O2. The number of carbonyl (C=O) groups excluding carboxylic acids is 1. The molecule has 0 saturated heterocycles. The van der Waals surface area contributed by atoms with Crippen LogP contribution in [0.5, 0.6) is 0 Å². The van der Waals surface area contributed by atoms with E-state index in [1.165, 1.54) is 0 Å². The Morgan fingerprint density at radius 1 is 1.25 bits per heavy atom. The van der Waals surface area contributed by atoms with Gasteiger partial charge in [0, 0.05) is 18.0 Å². The van der Waals surface area contributed by atoms with Crippen LogP contribution in [0, 0.1) is 0 Å². The van der Waals surface area contributed by atoms with Gasteiger partial charge in [-0.15, -0.1) is 0 Å². The second-order valence-corrected chi connectivity index (χ2v) is 5.09. The van der Waals surface area contributed by atoms with Gasteiger partial charge < -0.3 is 4.98 Å². The van der Waals surface area contributed by atoms with Gasteiger partial charge in [0.15, 0.2) is 0 Å². The summed E-state index contributed by atoms with van der Waals surface area (Å²) in [5, 5.41) is 0. The molecule has 3 rings (SSSR count). The van der Waals surface area contributed by atoms with Gasteiger partial charge in [0.25, 0.3) is 0 Å². The highest BCUT2D eigenvalue weighted by molar-refractivity contribution is 5.48. The fraction of sp³-hybridized carbons (Fsp3) is 0.333. The van der Waals surface area contributed by atoms with E-state index in [0.717, 1.165) is 36.9 Å². The van der Waals surface area contributed by atoms with Gasteiger partial charge in [-0.25, -0.2) is 9.59 Å². The molecule has 20 heavy (non-hydrogen) atoms. The summed E-state index contributed by atoms with van der Waals surface area (Å²) in [6, 6.07) is 7.62. The molecule has 1 N–H and O–H groups in total. The van der Waals surface area contributed by atoms with Gasteiger partial charge >= 0.3 is 5.69 Å². The lowest BCUT2D eigenvalue weighted by Gasteiger charge is -2.25. The van der Waals surface area contributed by atoms with Crippen molar-refractivity contribution in [3.05, 3.63) is 52.7 Å². The molecule has 5 nitrogen and oxygen atoms in total. The summed E-state index contributed by atoms with van der Waals surface area (Å²) in [5.74, 6) is 0. The van der Waals surface area contributed by atoms with Gasteiger partial charge in [-0.1, -0.05) is 31.0 Å². The number of nitrogens with one attached hydrogen (secondary N) is 1. The molecule has 1 aliphatic rings. The van der Waals surface area contributed by atoms with Crippen LogP contribution in [0.3, 0.4) is 0 Å². The Hall–Kier alpha value is -2.39. The molecule has 0 amide bonds. The first-order valence-corrected chi connectivity index (χ1v) is 6.72. The number of hydrogen-bond donors (Lipinski definition) is 1. The van der Waals surface area contributed by atoms with Crippen molar-refractivity contribution < 1.29 is 4.79 Å². The minimum absolute atomic E-state index is 0.194. The quantitative estimate of drug-likeness (QED) is 0.686. The zero-order valence-corrected chi connectivity index (χ0v) is 11.0. The largest absolute Gasteiger partial charge is 0.330 e. The van der Waals surface area contributed by atoms with Gasteiger partial charge in [0.1, 0.15) is 5.54 Å². The first kappa shape index (κ1) is 12.6. The number of hydrogen-bond acceptors (Lipinski definition) is 3. The fourth-order valence-corrected chi connectivity index (χ4v) is 3.08. The molecule has 1 heterocycles. The molecule has 1 aliphatic carbocycles. The number of aromatic nitrogens is 2. The van der Waals surface area contributed by atoms with Gasteiger partial charge in [-0.2, -0.15) is 4.99 Å². The molecule has 0 radical (unpaired) electrons. The Bertz CT molecular complexity index is 716. The monoisotopic (exact) mass is 269 g/mol. The number of benzene rings is 1. The van der Waals surface area contributed by atoms with Crippen LogP contribution >= 0.6 is 0 Å². The van der Waals surface area contributed by atoms with E-state index in [-0.39, 0.29) is 5.69 Å². The minimum Gasteiger partial charge on any atom is -0.312 e. The molecule has 1 fully saturated rings. The third-order valence-electron chi connectivity index (χ3n) is 4.00. The average molecular weight is 269 g/mol. The van der Waals surface area contributed by atoms with Gasteiger partial charge in [-0.3, -0.25) is 4.57 Å². The number of aromatic amines is 1. The first-order valence-electron chi connectivity index (χ1n) is 6.72. The van der Waals surface area contributed by atoms with Crippen molar-refractivity contribution in [3.63, 3.8) is 0 Å². The van der Waals surface area contributed by atoms with E-state index in [1.807, 2.05) is 24.3 Å². The summed E-state index contributed by atoms with van der Waals surface area (Å²) in [6.07, 6.45) is 8.70. The van der Waals surface area contributed by atoms with Crippen molar-refractivity contribution in [2.24, 2.45) is 4.99 Å². The number of para-hydroxylation sites is 1. The predicted molar refractivity (Wildman–Crippen MR) is 74.7 cm³/mol. The van der Waals surface area contributed by atoms with E-state index >= 15 is 0 Å². The second-order valence-electron chi connectivity index (χ2n) is 5.09. The molecule has 0 aliphatic heterocycles. The predicted octanol–water partition coefficient (Wildman–Crippen LogP) is 2.27. The van der Waals surface area contributed by atoms with Gasteiger partial charge in [-0.05, 0) is 18.9 Å². The number of rotatable bonds is 3. The molecule has 0 unspecified atom stereocenters. The fourth-order valence-electron chi connectivity index (χ4n) is 3.08. The van der Waals surface area contributed by atoms with Crippen molar-refractivity contribution in [1.82, 2.24) is 9.55 Å². The third kappa shape index (κ3) is 1.92. The number of isocyanates is 1. The maximum absolute atomic E-state index is 11.8. The summed E-state index contributed by atoms with van der Waals surface area (Å²) in [4.78, 5) is 29.4. The van der Waals surface area contributed by atoms with Crippen LogP contribution in [0.1, 0.15) is 31.2 Å². The first-order chi connectivity index (χ1) is 9.77. The Morgan fingerprint density at radius 2 is 2.00 bits per heavy atom. The number of imidazole rings is 1. The van der Waals surface area contributed by atoms with Gasteiger partial charge in [0.2, 0.25) is 6.08 Å². The standard InChI is InChI=1S/C15H15N3O2/c19-11-17-15(7-3-4-8-15)12-5-1-2-6-13(12)18-10-9-16-14(18)20/h1-2,5-6,9-10H,3-4,7-8H2,(H,16,20). The normalized spacial score (nSPS) is 16.8. The minimum atomic E-state index is -0.533. The Morgan fingerprint density at radius 3 is 2.65 bits per heavy atom. The van der Waals surface area contributed by atoms with Crippen LogP contribution in [0.2, 0.25) is 0 Å². The van der Waals surface area contributed by atoms with Crippen molar-refractivity contribution in [3.8, 4) is 5.69 Å². The number of aliphatic imine (C=N–C) groups is 1. The van der Waals surface area contributed by atoms with Crippen LogP contribution in [-0.4, -0.2) is 15.6 Å². The third-order valence-corrected chi connectivity index (χ3v) is 4.00. The Kier molecular flexibility index (Phi) is 3.12. The molecule has 1 saturated carbocycles. The SMILES string of the molecule is O=C=NC1(c2ccccc2-n2cc[nH]c2=O)CCCC1. The van der Waals surface area contributed by atoms with Gasteiger partial charge in [0.05, 0.1) is 5.69 Å². The molecule has 1 aromatic heterocycles. The van der Waals surface area contributed by atoms with Crippen LogP contribution in [0.4, 0.5) is 0 Å². The molecule has 102 valence electrons. The molecular weight excluding hydrogens is 254 g/mol. The molecule has 1 aromatic carbocycles. The Balaban J connectivity index is 2.22. The topological polar surface area (TPSA) is 67.2 Å². The van der Waals surface area contributed by atoms with E-state index in [0.29, 0.717) is 0 Å². The number of H-pyrrole nitrogens is 1. The molecule has 0 atom stereocenters. The highest BCUT2D eigenvalue weighted by Crippen LogP contribution is 2.44. The summed E-state index contributed by atoms with van der Waals surface area (Å²) in [5.41, 5.74) is 0.970. The maximum atomic E-state index is 11.8. The van der Waals surface area contributed by atoms with E-state index < -0.39 is 5.54 Å². The lowest BCUT2D eigenvalue weighted by molar-refractivity contribution is 0.454. The van der Waals surface area contributed by atoms with Crippen molar-refractivity contribution in [2.45, 2.75) is 31.2 Å². The molecule has 5 heteroatoms. The van der Waals surface area contributed by atoms with E-state index in [2.05, 4.69) is 9.98 Å². The highest BCUT2D eigenvalue weighted by atomic mass is 16.1. The molecule has 0 spiro atoms. The summed E-state index contributed by atoms with van der Waals surface area (Å²) in [6.45, 7) is 0. The molecule has 0 bridgehead atoms. The van der Waals surface area contributed by atoms with Crippen LogP contribution in [-0.2, 0) is 10.3 Å². The summed E-state index contributed by atoms with van der Waals surface area (Å²) >= 11 is 0. The van der Waals surface area contributed by atoms with Crippen LogP contribution in [0.15, 0.2) is 46.4 Å². The van der Waals surface area contributed by atoms with Crippen LogP contribution < -0.4 is 5.69 Å². The van der Waals surface area contributed by atoms with E-state index in [1.54, 1.807) is 23.0 Å². The lowest BCUT2D eigenvalue weighted by atomic mass is 9.87. The highest BCUT2D eigenvalue weighted by Gasteiger charge is 2.37.